The van der Waals surface area contributed by atoms with Crippen molar-refractivity contribution in [2.45, 2.75) is 39.7 Å². The molecular weight excluding hydrogens is 456 g/mol. The van der Waals surface area contributed by atoms with E-state index in [1.165, 1.54) is 10.4 Å². The van der Waals surface area contributed by atoms with Crippen LogP contribution >= 0.6 is 11.3 Å². The van der Waals surface area contributed by atoms with E-state index in [2.05, 4.69) is 53.1 Å². The third-order valence-electron chi connectivity index (χ3n) is 6.41. The van der Waals surface area contributed by atoms with Crippen LogP contribution in [0.25, 0.3) is 17.0 Å². The van der Waals surface area contributed by atoms with E-state index in [0.717, 1.165) is 40.8 Å². The Labute approximate surface area is 209 Å². The summed E-state index contributed by atoms with van der Waals surface area (Å²) >= 11 is 1.70. The Morgan fingerprint density at radius 3 is 2.63 bits per heavy atom. The summed E-state index contributed by atoms with van der Waals surface area (Å²) in [5, 5.41) is 9.52. The summed E-state index contributed by atoms with van der Waals surface area (Å²) in [4.78, 5) is 21.0. The first-order chi connectivity index (χ1) is 17.0. The molecule has 0 fully saturated rings. The molecule has 3 heterocycles. The Morgan fingerprint density at radius 1 is 1.09 bits per heavy atom. The quantitative estimate of drug-likeness (QED) is 0.329. The lowest BCUT2D eigenvalue weighted by atomic mass is 9.93. The number of aromatic nitrogens is 2. The van der Waals surface area contributed by atoms with Crippen molar-refractivity contribution >= 4 is 22.9 Å². The molecule has 5 rings (SSSR count). The second-order valence-corrected chi connectivity index (χ2v) is 9.78. The van der Waals surface area contributed by atoms with Crippen LogP contribution in [0.5, 0.6) is 0 Å². The van der Waals surface area contributed by atoms with Crippen molar-refractivity contribution in [1.82, 2.24) is 20.4 Å². The molecule has 0 radical (unpaired) electrons. The Hall–Kier alpha value is -3.71. The van der Waals surface area contributed by atoms with E-state index in [0.29, 0.717) is 18.3 Å². The molecule has 1 unspecified atom stereocenters. The smallest absolute Gasteiger partial charge is 0.322 e. The molecule has 2 amide bonds. The molecule has 1 N–H and O–H groups in total. The molecule has 2 aromatic heterocycles. The lowest BCUT2D eigenvalue weighted by Crippen LogP contribution is -2.46. The Morgan fingerprint density at radius 2 is 1.91 bits per heavy atom. The van der Waals surface area contributed by atoms with E-state index in [1.807, 2.05) is 44.2 Å². The highest BCUT2D eigenvalue weighted by molar-refractivity contribution is 7.09. The highest BCUT2D eigenvalue weighted by atomic mass is 32.1. The number of amides is 2. The fourth-order valence-electron chi connectivity index (χ4n) is 4.43. The molecule has 0 saturated heterocycles. The molecule has 7 heteroatoms. The lowest BCUT2D eigenvalue weighted by molar-refractivity contribution is 0.205. The van der Waals surface area contributed by atoms with Gasteiger partial charge in [-0.25, -0.2) is 4.79 Å². The number of allylic oxidation sites excluding steroid dienone is 1. The number of rotatable bonds is 7. The topological polar surface area (TPSA) is 71.3 Å². The number of carbonyl (C=O) groups is 1. The first-order valence-electron chi connectivity index (χ1n) is 11.8. The molecule has 2 aromatic carbocycles. The third kappa shape index (κ3) is 4.77. The zero-order valence-electron chi connectivity index (χ0n) is 20.1. The first kappa shape index (κ1) is 23.1. The van der Waals surface area contributed by atoms with Gasteiger partial charge in [-0.3, -0.25) is 4.90 Å². The summed E-state index contributed by atoms with van der Waals surface area (Å²) in [6, 6.07) is 20.0. The zero-order chi connectivity index (χ0) is 24.4. The average molecular weight is 485 g/mol. The summed E-state index contributed by atoms with van der Waals surface area (Å²) in [6.45, 7) is 6.70. The molecule has 0 saturated carbocycles. The van der Waals surface area contributed by atoms with Gasteiger partial charge >= 0.3 is 6.03 Å². The van der Waals surface area contributed by atoms with Crippen LogP contribution in [-0.2, 0) is 12.8 Å². The number of thiophene rings is 1. The molecule has 4 aromatic rings. The van der Waals surface area contributed by atoms with Gasteiger partial charge in [-0.05, 0) is 55.3 Å². The zero-order valence-corrected chi connectivity index (χ0v) is 20.9. The van der Waals surface area contributed by atoms with E-state index in [4.69, 9.17) is 9.51 Å². The van der Waals surface area contributed by atoms with Crippen molar-refractivity contribution in [3.8, 4) is 11.4 Å². The molecule has 178 valence electrons. The highest BCUT2D eigenvalue weighted by Crippen LogP contribution is 2.37. The summed E-state index contributed by atoms with van der Waals surface area (Å²) in [6.07, 6.45) is 1.74. The van der Waals surface area contributed by atoms with E-state index in [-0.39, 0.29) is 12.1 Å². The maximum absolute atomic E-state index is 13.2. The minimum Gasteiger partial charge on any atom is -0.334 e. The number of benzene rings is 2. The van der Waals surface area contributed by atoms with Gasteiger partial charge in [0.2, 0.25) is 5.82 Å². The van der Waals surface area contributed by atoms with E-state index in [1.54, 1.807) is 16.2 Å². The molecule has 1 aliphatic rings. The molecule has 0 aliphatic carbocycles. The molecule has 0 bridgehead atoms. The fraction of sp³-hybridized carbons (Fsp3) is 0.250. The minimum absolute atomic E-state index is 0.120. The van der Waals surface area contributed by atoms with E-state index >= 15 is 0 Å². The lowest BCUT2D eigenvalue weighted by Gasteiger charge is -2.35. The van der Waals surface area contributed by atoms with Crippen LogP contribution in [0, 0.1) is 6.92 Å². The van der Waals surface area contributed by atoms with Gasteiger partial charge < -0.3 is 9.84 Å². The largest absolute Gasteiger partial charge is 0.334 e. The molecule has 1 atom stereocenters. The maximum atomic E-state index is 13.2. The number of nitrogens with one attached hydrogen (secondary N) is 1. The molecule has 35 heavy (non-hydrogen) atoms. The summed E-state index contributed by atoms with van der Waals surface area (Å²) in [7, 11) is 0. The summed E-state index contributed by atoms with van der Waals surface area (Å²) < 4.78 is 5.80. The van der Waals surface area contributed by atoms with E-state index in [9.17, 15) is 4.79 Å². The summed E-state index contributed by atoms with van der Waals surface area (Å²) in [5.74, 6) is 0.954. The normalized spacial score (nSPS) is 16.0. The van der Waals surface area contributed by atoms with Gasteiger partial charge in [-0.1, -0.05) is 66.2 Å². The molecule has 1 aliphatic heterocycles. The molecule has 6 nitrogen and oxygen atoms in total. The number of urea groups is 1. The van der Waals surface area contributed by atoms with Crippen molar-refractivity contribution < 1.29 is 9.32 Å². The van der Waals surface area contributed by atoms with Crippen molar-refractivity contribution in [3.05, 3.63) is 99.2 Å². The van der Waals surface area contributed by atoms with Crippen molar-refractivity contribution in [2.75, 3.05) is 6.54 Å². The molecule has 0 spiro atoms. The van der Waals surface area contributed by atoms with Gasteiger partial charge in [0.15, 0.2) is 0 Å². The van der Waals surface area contributed by atoms with Crippen molar-refractivity contribution in [3.63, 3.8) is 0 Å². The van der Waals surface area contributed by atoms with Crippen molar-refractivity contribution in [1.29, 1.82) is 0 Å². The van der Waals surface area contributed by atoms with Crippen LogP contribution < -0.4 is 5.32 Å². The standard InChI is InChI=1S/C28H28N4O2S/c1-4-20-10-12-21(13-11-20)25-24(27-30-26(31-34-27)22-8-5-7-18(2)17-22)19(3)32(28(33)29-25)15-14-23-9-6-16-35-23/h5-13,16-17,25H,4,14-15H2,1-3H3,(H,29,33). The van der Waals surface area contributed by atoms with Gasteiger partial charge in [0, 0.05) is 22.7 Å². The van der Waals surface area contributed by atoms with Crippen LogP contribution in [0.1, 0.15) is 47.3 Å². The number of aryl methyl sites for hydroxylation is 2. The van der Waals surface area contributed by atoms with Crippen LogP contribution in [0.2, 0.25) is 0 Å². The second-order valence-electron chi connectivity index (χ2n) is 8.75. The van der Waals surface area contributed by atoms with Crippen LogP contribution in [-0.4, -0.2) is 27.6 Å². The van der Waals surface area contributed by atoms with Crippen LogP contribution in [0.3, 0.4) is 0 Å². The fourth-order valence-corrected chi connectivity index (χ4v) is 5.13. The number of carbonyl (C=O) groups excluding carboxylic acids is 1. The number of hydrogen-bond acceptors (Lipinski definition) is 5. The minimum atomic E-state index is -0.378. The Bertz CT molecular complexity index is 1360. The SMILES string of the molecule is CCc1ccc(C2NC(=O)N(CCc3cccs3)C(C)=C2c2nc(-c3cccc(C)c3)no2)cc1. The summed E-state index contributed by atoms with van der Waals surface area (Å²) in [5.41, 5.74) is 5.91. The predicted molar refractivity (Wildman–Crippen MR) is 139 cm³/mol. The third-order valence-corrected chi connectivity index (χ3v) is 7.35. The maximum Gasteiger partial charge on any atom is 0.322 e. The number of nitrogens with zero attached hydrogens (tertiary/aromatic N) is 3. The van der Waals surface area contributed by atoms with Gasteiger partial charge in [0.25, 0.3) is 5.89 Å². The van der Waals surface area contributed by atoms with Gasteiger partial charge in [-0.15, -0.1) is 11.3 Å². The first-order valence-corrected chi connectivity index (χ1v) is 12.7. The Kier molecular flexibility index (Phi) is 6.51. The Balaban J connectivity index is 1.55. The van der Waals surface area contributed by atoms with Gasteiger partial charge in [0.1, 0.15) is 0 Å². The van der Waals surface area contributed by atoms with Gasteiger partial charge in [0.05, 0.1) is 11.6 Å². The van der Waals surface area contributed by atoms with E-state index < -0.39 is 0 Å². The molecular formula is C28H28N4O2S. The monoisotopic (exact) mass is 484 g/mol. The van der Waals surface area contributed by atoms with Crippen LogP contribution in [0.15, 0.2) is 76.3 Å². The average Bonchev–Trinajstić information content (AvgIpc) is 3.56. The van der Waals surface area contributed by atoms with Crippen LogP contribution in [0.4, 0.5) is 4.79 Å². The predicted octanol–water partition coefficient (Wildman–Crippen LogP) is 6.41. The second kappa shape index (κ2) is 9.88. The highest BCUT2D eigenvalue weighted by Gasteiger charge is 2.35. The van der Waals surface area contributed by atoms with Gasteiger partial charge in [-0.2, -0.15) is 4.98 Å². The van der Waals surface area contributed by atoms with Crippen molar-refractivity contribution in [2.24, 2.45) is 0 Å². The number of hydrogen-bond donors (Lipinski definition) is 1.